The van der Waals surface area contributed by atoms with Crippen molar-refractivity contribution >= 4 is 27.1 Å². The van der Waals surface area contributed by atoms with Crippen LogP contribution in [0, 0.1) is 0 Å². The summed E-state index contributed by atoms with van der Waals surface area (Å²) >= 11 is 1.81. The lowest BCUT2D eigenvalue weighted by Gasteiger charge is -2.27. The van der Waals surface area contributed by atoms with E-state index in [9.17, 15) is 8.42 Å². The maximum absolute atomic E-state index is 11.4. The van der Waals surface area contributed by atoms with Gasteiger partial charge in [-0.05, 0) is 55.4 Å². The fraction of sp³-hybridized carbons (Fsp3) is 0.500. The molecule has 0 radical (unpaired) electrons. The number of aliphatic imine (C=N–C) groups is 1. The molecule has 0 saturated carbocycles. The van der Waals surface area contributed by atoms with Crippen molar-refractivity contribution in [2.75, 3.05) is 32.4 Å². The SMILES string of the molecule is CCNC(=NCc1ccc(CS(C)(=O)=O)cc1)NCC(c1cccs1)N1CCCC1. The number of hydrogen-bond acceptors (Lipinski definition) is 5. The first-order valence-electron chi connectivity index (χ1n) is 10.5. The minimum Gasteiger partial charge on any atom is -0.357 e. The van der Waals surface area contributed by atoms with E-state index < -0.39 is 9.84 Å². The van der Waals surface area contributed by atoms with Crippen LogP contribution in [0.5, 0.6) is 0 Å². The second-order valence-electron chi connectivity index (χ2n) is 7.74. The predicted octanol–water partition coefficient (Wildman–Crippen LogP) is 3.18. The molecule has 3 rings (SSSR count). The maximum Gasteiger partial charge on any atom is 0.191 e. The van der Waals surface area contributed by atoms with Crippen LogP contribution in [0.15, 0.2) is 46.8 Å². The predicted molar refractivity (Wildman–Crippen MR) is 126 cm³/mol. The van der Waals surface area contributed by atoms with Crippen molar-refractivity contribution < 1.29 is 8.42 Å². The van der Waals surface area contributed by atoms with E-state index in [4.69, 9.17) is 4.99 Å². The molecular weight excluding hydrogens is 416 g/mol. The Bertz CT molecular complexity index is 903. The van der Waals surface area contributed by atoms with Gasteiger partial charge in [0.2, 0.25) is 0 Å². The van der Waals surface area contributed by atoms with E-state index in [0.717, 1.165) is 43.3 Å². The van der Waals surface area contributed by atoms with Crippen molar-refractivity contribution in [1.82, 2.24) is 15.5 Å². The molecule has 1 aliphatic rings. The lowest BCUT2D eigenvalue weighted by atomic mass is 10.1. The van der Waals surface area contributed by atoms with Crippen LogP contribution in [-0.2, 0) is 22.1 Å². The summed E-state index contributed by atoms with van der Waals surface area (Å²) in [4.78, 5) is 8.68. The number of thiophene rings is 1. The van der Waals surface area contributed by atoms with Gasteiger partial charge in [-0.1, -0.05) is 30.3 Å². The molecule has 164 valence electrons. The van der Waals surface area contributed by atoms with Gasteiger partial charge in [0.1, 0.15) is 0 Å². The summed E-state index contributed by atoms with van der Waals surface area (Å²) in [5.41, 5.74) is 1.86. The number of sulfone groups is 1. The normalized spacial score (nSPS) is 16.5. The van der Waals surface area contributed by atoms with Gasteiger partial charge in [0.05, 0.1) is 18.3 Å². The Morgan fingerprint density at radius 1 is 1.13 bits per heavy atom. The average molecular weight is 449 g/mol. The number of nitrogens with zero attached hydrogens (tertiary/aromatic N) is 2. The first-order chi connectivity index (χ1) is 14.4. The van der Waals surface area contributed by atoms with Gasteiger partial charge in [-0.25, -0.2) is 13.4 Å². The summed E-state index contributed by atoms with van der Waals surface area (Å²) in [5, 5.41) is 9.00. The van der Waals surface area contributed by atoms with Gasteiger partial charge in [0, 0.05) is 24.2 Å². The third-order valence-corrected chi connectivity index (χ3v) is 6.96. The minimum atomic E-state index is -3.02. The highest BCUT2D eigenvalue weighted by Gasteiger charge is 2.24. The topological polar surface area (TPSA) is 73.8 Å². The zero-order valence-electron chi connectivity index (χ0n) is 17.8. The minimum absolute atomic E-state index is 0.0708. The number of guanidine groups is 1. The Morgan fingerprint density at radius 2 is 1.83 bits per heavy atom. The van der Waals surface area contributed by atoms with Gasteiger partial charge in [-0.15, -0.1) is 11.3 Å². The third-order valence-electron chi connectivity index (χ3n) is 5.13. The van der Waals surface area contributed by atoms with Crippen molar-refractivity contribution in [2.45, 2.75) is 38.1 Å². The van der Waals surface area contributed by atoms with Crippen molar-refractivity contribution in [3.8, 4) is 0 Å². The van der Waals surface area contributed by atoms with Crippen molar-refractivity contribution in [3.05, 3.63) is 57.8 Å². The second-order valence-corrected chi connectivity index (χ2v) is 10.9. The zero-order chi connectivity index (χ0) is 21.4. The molecule has 1 unspecified atom stereocenters. The van der Waals surface area contributed by atoms with Gasteiger partial charge in [-0.2, -0.15) is 0 Å². The molecule has 1 aromatic carbocycles. The van der Waals surface area contributed by atoms with E-state index in [1.165, 1.54) is 24.0 Å². The van der Waals surface area contributed by atoms with Gasteiger partial charge in [-0.3, -0.25) is 4.90 Å². The van der Waals surface area contributed by atoms with Crippen LogP contribution in [0.4, 0.5) is 0 Å². The molecule has 2 aromatic rings. The Labute approximate surface area is 184 Å². The Balaban J connectivity index is 1.62. The fourth-order valence-corrected chi connectivity index (χ4v) is 5.35. The smallest absolute Gasteiger partial charge is 0.191 e. The molecule has 0 amide bonds. The van der Waals surface area contributed by atoms with Crippen LogP contribution in [0.1, 0.15) is 41.8 Å². The fourth-order valence-electron chi connectivity index (χ4n) is 3.69. The van der Waals surface area contributed by atoms with Crippen LogP contribution in [0.25, 0.3) is 0 Å². The summed E-state index contributed by atoms with van der Waals surface area (Å²) in [7, 11) is -3.02. The average Bonchev–Trinajstić information content (AvgIpc) is 3.41. The highest BCUT2D eigenvalue weighted by atomic mass is 32.2. The molecule has 1 aliphatic heterocycles. The molecule has 8 heteroatoms. The Morgan fingerprint density at radius 3 is 2.43 bits per heavy atom. The van der Waals surface area contributed by atoms with E-state index in [-0.39, 0.29) is 5.75 Å². The Kier molecular flexibility index (Phi) is 8.30. The summed E-state index contributed by atoms with van der Waals surface area (Å²) in [6.45, 7) is 6.53. The number of likely N-dealkylation sites (tertiary alicyclic amines) is 1. The van der Waals surface area contributed by atoms with Crippen LogP contribution in [0.2, 0.25) is 0 Å². The zero-order valence-corrected chi connectivity index (χ0v) is 19.4. The van der Waals surface area contributed by atoms with Crippen LogP contribution < -0.4 is 10.6 Å². The van der Waals surface area contributed by atoms with Gasteiger partial charge >= 0.3 is 0 Å². The quantitative estimate of drug-likeness (QED) is 0.455. The lowest BCUT2D eigenvalue weighted by molar-refractivity contribution is 0.249. The van der Waals surface area contributed by atoms with E-state index in [2.05, 4.69) is 40.0 Å². The van der Waals surface area contributed by atoms with E-state index >= 15 is 0 Å². The monoisotopic (exact) mass is 448 g/mol. The summed E-state index contributed by atoms with van der Waals surface area (Å²) in [6, 6.07) is 12.3. The molecule has 1 atom stereocenters. The van der Waals surface area contributed by atoms with Gasteiger partial charge in [0.25, 0.3) is 0 Å². The summed E-state index contributed by atoms with van der Waals surface area (Å²) in [6.07, 6.45) is 3.79. The van der Waals surface area contributed by atoms with Crippen molar-refractivity contribution in [1.29, 1.82) is 0 Å². The molecule has 0 bridgehead atoms. The summed E-state index contributed by atoms with van der Waals surface area (Å²) < 4.78 is 22.9. The Hall–Kier alpha value is -1.90. The third kappa shape index (κ3) is 7.11. The number of rotatable bonds is 9. The van der Waals surface area contributed by atoms with Crippen LogP contribution in [0.3, 0.4) is 0 Å². The summed E-state index contributed by atoms with van der Waals surface area (Å²) in [5.74, 6) is 0.875. The molecule has 0 aliphatic carbocycles. The molecular formula is C22H32N4O2S2. The maximum atomic E-state index is 11.4. The van der Waals surface area contributed by atoms with E-state index in [1.54, 1.807) is 0 Å². The highest BCUT2D eigenvalue weighted by molar-refractivity contribution is 7.89. The standard InChI is InChI=1S/C22H32N4O2S2/c1-3-23-22(24-15-18-8-10-19(11-9-18)17-30(2,27)28)25-16-20(21-7-6-14-29-21)26-12-4-5-13-26/h6-11,14,20H,3-5,12-13,15-17H2,1-2H3,(H2,23,24,25). The number of nitrogens with one attached hydrogen (secondary N) is 2. The number of benzene rings is 1. The lowest BCUT2D eigenvalue weighted by Crippen LogP contribution is -2.42. The highest BCUT2D eigenvalue weighted by Crippen LogP contribution is 2.27. The van der Waals surface area contributed by atoms with Crippen molar-refractivity contribution in [3.63, 3.8) is 0 Å². The van der Waals surface area contributed by atoms with E-state index in [1.807, 2.05) is 35.6 Å². The van der Waals surface area contributed by atoms with Gasteiger partial charge in [0.15, 0.2) is 15.8 Å². The molecule has 30 heavy (non-hydrogen) atoms. The van der Waals surface area contributed by atoms with E-state index in [0.29, 0.717) is 12.6 Å². The molecule has 1 saturated heterocycles. The second kappa shape index (κ2) is 10.9. The first kappa shape index (κ1) is 22.8. The molecule has 2 heterocycles. The molecule has 0 spiro atoms. The molecule has 1 fully saturated rings. The largest absolute Gasteiger partial charge is 0.357 e. The van der Waals surface area contributed by atoms with Crippen molar-refractivity contribution in [2.24, 2.45) is 4.99 Å². The van der Waals surface area contributed by atoms with Crippen LogP contribution >= 0.6 is 11.3 Å². The first-order valence-corrected chi connectivity index (χ1v) is 13.4. The molecule has 2 N–H and O–H groups in total. The number of hydrogen-bond donors (Lipinski definition) is 2. The molecule has 1 aromatic heterocycles. The van der Waals surface area contributed by atoms with Gasteiger partial charge < -0.3 is 10.6 Å². The van der Waals surface area contributed by atoms with Crippen LogP contribution in [-0.4, -0.2) is 51.7 Å². The molecule has 6 nitrogen and oxygen atoms in total.